The molecule has 0 aliphatic carbocycles. The monoisotopic (exact) mass is 418 g/mol. The summed E-state index contributed by atoms with van der Waals surface area (Å²) >= 11 is 6.19. The van der Waals surface area contributed by atoms with E-state index in [4.69, 9.17) is 11.6 Å². The fourth-order valence-electron chi connectivity index (χ4n) is 2.57. The van der Waals surface area contributed by atoms with E-state index in [9.17, 15) is 17.6 Å². The molecule has 1 amide bonds. The van der Waals surface area contributed by atoms with Crippen LogP contribution in [-0.2, 0) is 14.8 Å². The molecule has 1 N–H and O–H groups in total. The Hall–Kier alpha value is -2.90. The minimum absolute atomic E-state index is 0.0217. The Bertz CT molecular complexity index is 1090. The summed E-state index contributed by atoms with van der Waals surface area (Å²) in [6, 6.07) is 19.4. The molecular weight excluding hydrogens is 403 g/mol. The van der Waals surface area contributed by atoms with Crippen LogP contribution >= 0.6 is 11.6 Å². The van der Waals surface area contributed by atoms with Gasteiger partial charge in [-0.05, 0) is 42.5 Å². The molecular formula is C20H16ClFN2O3S. The summed E-state index contributed by atoms with van der Waals surface area (Å²) in [4.78, 5) is 12.5. The van der Waals surface area contributed by atoms with Crippen molar-refractivity contribution in [3.05, 3.63) is 89.7 Å². The number of amides is 1. The molecule has 0 fully saturated rings. The van der Waals surface area contributed by atoms with Crippen LogP contribution in [0.2, 0.25) is 5.02 Å². The van der Waals surface area contributed by atoms with Gasteiger partial charge in [-0.15, -0.1) is 0 Å². The van der Waals surface area contributed by atoms with Gasteiger partial charge in [0, 0.05) is 5.69 Å². The standard InChI is InChI=1S/C20H16ClFN2O3S/c21-18-11-4-5-12-19(18)24(28(26,27)17-9-2-1-3-10-17)14-20(25)23-16-8-6-7-15(22)13-16/h1-13H,14H2,(H,23,25). The van der Waals surface area contributed by atoms with Crippen LogP contribution in [0.25, 0.3) is 0 Å². The van der Waals surface area contributed by atoms with Crippen LogP contribution < -0.4 is 9.62 Å². The van der Waals surface area contributed by atoms with Gasteiger partial charge in [0.1, 0.15) is 12.4 Å². The Morgan fingerprint density at radius 2 is 1.64 bits per heavy atom. The Kier molecular flexibility index (Phi) is 5.96. The van der Waals surface area contributed by atoms with E-state index in [0.29, 0.717) is 0 Å². The highest BCUT2D eigenvalue weighted by Crippen LogP contribution is 2.30. The molecule has 3 aromatic carbocycles. The number of carbonyl (C=O) groups excluding carboxylic acids is 1. The van der Waals surface area contributed by atoms with E-state index >= 15 is 0 Å². The van der Waals surface area contributed by atoms with Crippen LogP contribution in [0.3, 0.4) is 0 Å². The molecule has 0 atom stereocenters. The smallest absolute Gasteiger partial charge is 0.264 e. The first kappa shape index (κ1) is 19.9. The number of halogens is 2. The number of nitrogens with one attached hydrogen (secondary N) is 1. The average Bonchev–Trinajstić information content (AvgIpc) is 2.67. The number of rotatable bonds is 6. The topological polar surface area (TPSA) is 66.5 Å². The minimum Gasteiger partial charge on any atom is -0.324 e. The van der Waals surface area contributed by atoms with Crippen LogP contribution in [0.5, 0.6) is 0 Å². The summed E-state index contributed by atoms with van der Waals surface area (Å²) in [5, 5.41) is 2.68. The first-order valence-electron chi connectivity index (χ1n) is 8.25. The highest BCUT2D eigenvalue weighted by Gasteiger charge is 2.28. The van der Waals surface area contributed by atoms with Crippen LogP contribution in [0.1, 0.15) is 0 Å². The Morgan fingerprint density at radius 1 is 0.964 bits per heavy atom. The van der Waals surface area contributed by atoms with Gasteiger partial charge >= 0.3 is 0 Å². The zero-order chi connectivity index (χ0) is 20.1. The number of hydrogen-bond acceptors (Lipinski definition) is 3. The number of para-hydroxylation sites is 1. The fraction of sp³-hybridized carbons (Fsp3) is 0.0500. The first-order valence-corrected chi connectivity index (χ1v) is 10.1. The SMILES string of the molecule is O=C(CN(c1ccccc1Cl)S(=O)(=O)c1ccccc1)Nc1cccc(F)c1. The lowest BCUT2D eigenvalue weighted by Crippen LogP contribution is -2.38. The van der Waals surface area contributed by atoms with Gasteiger partial charge < -0.3 is 5.32 Å². The number of hydrogen-bond donors (Lipinski definition) is 1. The van der Waals surface area contributed by atoms with Crippen molar-refractivity contribution in [3.63, 3.8) is 0 Å². The summed E-state index contributed by atoms with van der Waals surface area (Å²) in [7, 11) is -4.06. The predicted molar refractivity (Wildman–Crippen MR) is 107 cm³/mol. The Labute approximate surface area is 167 Å². The van der Waals surface area contributed by atoms with Crippen molar-refractivity contribution < 1.29 is 17.6 Å². The van der Waals surface area contributed by atoms with E-state index in [1.54, 1.807) is 30.3 Å². The predicted octanol–water partition coefficient (Wildman–Crippen LogP) is 4.31. The Morgan fingerprint density at radius 3 is 2.32 bits per heavy atom. The van der Waals surface area contributed by atoms with Gasteiger partial charge in [-0.3, -0.25) is 9.10 Å². The molecule has 0 saturated carbocycles. The molecule has 0 radical (unpaired) electrons. The lowest BCUT2D eigenvalue weighted by molar-refractivity contribution is -0.114. The summed E-state index contributed by atoms with van der Waals surface area (Å²) in [6.45, 7) is -0.530. The minimum atomic E-state index is -4.06. The number of carbonyl (C=O) groups is 1. The summed E-state index contributed by atoms with van der Waals surface area (Å²) < 4.78 is 40.6. The normalized spacial score (nSPS) is 11.1. The zero-order valence-corrected chi connectivity index (χ0v) is 16.1. The molecule has 0 aliphatic rings. The fourth-order valence-corrected chi connectivity index (χ4v) is 4.32. The molecule has 0 heterocycles. The van der Waals surface area contributed by atoms with Crippen molar-refractivity contribution in [2.24, 2.45) is 0 Å². The Balaban J connectivity index is 1.95. The van der Waals surface area contributed by atoms with E-state index in [-0.39, 0.29) is 21.3 Å². The van der Waals surface area contributed by atoms with Gasteiger partial charge in [0.2, 0.25) is 5.91 Å². The molecule has 8 heteroatoms. The van der Waals surface area contributed by atoms with E-state index in [1.807, 2.05) is 0 Å². The first-order chi connectivity index (χ1) is 13.4. The third kappa shape index (κ3) is 4.49. The van der Waals surface area contributed by atoms with E-state index in [2.05, 4.69) is 5.32 Å². The lowest BCUT2D eigenvalue weighted by Gasteiger charge is -2.25. The second-order valence-corrected chi connectivity index (χ2v) is 8.10. The molecule has 3 rings (SSSR count). The third-order valence-electron chi connectivity index (χ3n) is 3.85. The van der Waals surface area contributed by atoms with Gasteiger partial charge in [0.05, 0.1) is 15.6 Å². The lowest BCUT2D eigenvalue weighted by atomic mass is 10.3. The third-order valence-corrected chi connectivity index (χ3v) is 5.94. The van der Waals surface area contributed by atoms with Crippen LogP contribution in [-0.4, -0.2) is 20.9 Å². The highest BCUT2D eigenvalue weighted by atomic mass is 35.5. The van der Waals surface area contributed by atoms with E-state index < -0.39 is 28.3 Å². The van der Waals surface area contributed by atoms with Gasteiger partial charge in [-0.25, -0.2) is 12.8 Å². The van der Waals surface area contributed by atoms with Gasteiger partial charge in [-0.1, -0.05) is 48.0 Å². The van der Waals surface area contributed by atoms with Crippen molar-refractivity contribution in [2.45, 2.75) is 4.90 Å². The molecule has 0 bridgehead atoms. The maximum atomic E-state index is 13.3. The summed E-state index contributed by atoms with van der Waals surface area (Å²) in [6.07, 6.45) is 0. The molecule has 0 saturated heterocycles. The van der Waals surface area contributed by atoms with Gasteiger partial charge in [0.15, 0.2) is 0 Å². The zero-order valence-electron chi connectivity index (χ0n) is 14.5. The van der Waals surface area contributed by atoms with Crippen molar-refractivity contribution >= 4 is 38.9 Å². The van der Waals surface area contributed by atoms with Crippen molar-refractivity contribution in [2.75, 3.05) is 16.2 Å². The molecule has 0 unspecified atom stereocenters. The highest BCUT2D eigenvalue weighted by molar-refractivity contribution is 7.92. The van der Waals surface area contributed by atoms with Gasteiger partial charge in [-0.2, -0.15) is 0 Å². The quantitative estimate of drug-likeness (QED) is 0.648. The summed E-state index contributed by atoms with van der Waals surface area (Å²) in [5.74, 6) is -1.15. The number of benzene rings is 3. The largest absolute Gasteiger partial charge is 0.324 e. The summed E-state index contributed by atoms with van der Waals surface area (Å²) in [5.41, 5.74) is 0.392. The average molecular weight is 419 g/mol. The molecule has 5 nitrogen and oxygen atoms in total. The molecule has 0 aliphatic heterocycles. The van der Waals surface area contributed by atoms with Crippen molar-refractivity contribution in [1.82, 2.24) is 0 Å². The van der Waals surface area contributed by atoms with Crippen LogP contribution in [0.4, 0.5) is 15.8 Å². The molecule has 28 heavy (non-hydrogen) atoms. The van der Waals surface area contributed by atoms with Gasteiger partial charge in [0.25, 0.3) is 10.0 Å². The number of anilines is 2. The van der Waals surface area contributed by atoms with Crippen LogP contribution in [0.15, 0.2) is 83.8 Å². The maximum Gasteiger partial charge on any atom is 0.264 e. The van der Waals surface area contributed by atoms with E-state index in [1.165, 1.54) is 42.5 Å². The van der Waals surface area contributed by atoms with Crippen LogP contribution in [0, 0.1) is 5.82 Å². The number of nitrogens with zero attached hydrogens (tertiary/aromatic N) is 1. The molecule has 144 valence electrons. The molecule has 0 spiro atoms. The maximum absolute atomic E-state index is 13.3. The van der Waals surface area contributed by atoms with Crippen molar-refractivity contribution in [1.29, 1.82) is 0 Å². The van der Waals surface area contributed by atoms with E-state index in [0.717, 1.165) is 10.4 Å². The van der Waals surface area contributed by atoms with Crippen molar-refractivity contribution in [3.8, 4) is 0 Å². The second-order valence-electron chi connectivity index (χ2n) is 5.83. The second kappa shape index (κ2) is 8.41. The number of sulfonamides is 1. The molecule has 0 aromatic heterocycles. The molecule has 3 aromatic rings.